The molecule has 3 N–H and O–H groups in total. The Balaban J connectivity index is 1.11. The lowest BCUT2D eigenvalue weighted by Crippen LogP contribution is -2.71. The first-order valence-corrected chi connectivity index (χ1v) is 15.1. The molecule has 2 aromatic carbocycles. The normalized spacial score (nSPS) is 33.3. The van der Waals surface area contributed by atoms with E-state index >= 15 is 0 Å². The van der Waals surface area contributed by atoms with Gasteiger partial charge in [0, 0.05) is 42.7 Å². The van der Waals surface area contributed by atoms with E-state index in [1.807, 2.05) is 49.5 Å². The number of aliphatic hydroxyl groups is 1. The topological polar surface area (TPSA) is 118 Å². The van der Waals surface area contributed by atoms with E-state index in [2.05, 4.69) is 33.5 Å². The number of aromatic nitrogens is 1. The Bertz CT molecular complexity index is 1700. The van der Waals surface area contributed by atoms with Gasteiger partial charge in [0.2, 0.25) is 17.5 Å². The summed E-state index contributed by atoms with van der Waals surface area (Å²) in [7, 11) is 2.02. The van der Waals surface area contributed by atoms with Gasteiger partial charge in [0.15, 0.2) is 0 Å². The van der Waals surface area contributed by atoms with E-state index < -0.39 is 35.5 Å². The number of piperazine rings is 1. The second kappa shape index (κ2) is 9.25. The quantitative estimate of drug-likeness (QED) is 0.434. The zero-order chi connectivity index (χ0) is 29.7. The molecule has 43 heavy (non-hydrogen) atoms. The van der Waals surface area contributed by atoms with Crippen LogP contribution in [0.3, 0.4) is 0 Å². The molecule has 5 heterocycles. The molecule has 5 aliphatic rings. The van der Waals surface area contributed by atoms with Crippen LogP contribution < -0.4 is 5.32 Å². The number of likely N-dealkylation sites (N-methyl/N-ethyl adjacent to an activating group) is 1. The van der Waals surface area contributed by atoms with E-state index in [-0.39, 0.29) is 24.3 Å². The van der Waals surface area contributed by atoms with Gasteiger partial charge < -0.3 is 20.3 Å². The monoisotopic (exact) mass is 581 g/mol. The lowest BCUT2D eigenvalue weighted by atomic mass is 9.79. The number of H-pyrrole nitrogens is 1. The molecule has 3 saturated heterocycles. The van der Waals surface area contributed by atoms with Crippen molar-refractivity contribution in [1.29, 1.82) is 0 Å². The minimum absolute atomic E-state index is 0.144. The summed E-state index contributed by atoms with van der Waals surface area (Å²) in [6.07, 6.45) is 6.38. The van der Waals surface area contributed by atoms with Crippen LogP contribution in [0, 0.1) is 5.92 Å². The molecule has 8 rings (SSSR count). The number of benzene rings is 2. The molecule has 0 bridgehead atoms. The molecule has 6 atom stereocenters. The highest BCUT2D eigenvalue weighted by molar-refractivity contribution is 6.00. The first kappa shape index (κ1) is 26.6. The Kier molecular flexibility index (Phi) is 5.73. The molecule has 3 fully saturated rings. The summed E-state index contributed by atoms with van der Waals surface area (Å²) in [5, 5.41) is 16.1. The third-order valence-electron chi connectivity index (χ3n) is 10.1. The molecule has 3 amide bonds. The second-order valence-corrected chi connectivity index (χ2v) is 12.8. The molecule has 0 radical (unpaired) electrons. The van der Waals surface area contributed by atoms with Gasteiger partial charge in [-0.15, -0.1) is 0 Å². The number of hydrogen-bond acceptors (Lipinski definition) is 6. The van der Waals surface area contributed by atoms with Crippen molar-refractivity contribution in [2.75, 3.05) is 20.1 Å². The fraction of sp³-hybridized carbons (Fsp3) is 0.424. The largest absolute Gasteiger partial charge is 0.361 e. The summed E-state index contributed by atoms with van der Waals surface area (Å²) >= 11 is 0. The van der Waals surface area contributed by atoms with Crippen molar-refractivity contribution in [3.05, 3.63) is 77.5 Å². The maximum absolute atomic E-state index is 14.2. The standard InChI is InChI=1S/C33H35N5O5/c1-32(35-29(39)21-15-23-22-10-6-11-24-28(22)20(17-34-24)16-25(23)36(2)18-21)31(41)38-26(14-19-8-4-3-5-9-19)30(40)37-13-7-12-27(37)33(38,42)43-32/h3-6,8-11,15,17,21,25-27,34,42H,7,12-14,16,18H2,1-2H3,(H,35,39)/t21-,25-,26+,27+,32-,33?/m1/s1. The predicted octanol–water partition coefficient (Wildman–Crippen LogP) is 1.99. The van der Waals surface area contributed by atoms with Crippen molar-refractivity contribution < 1.29 is 24.2 Å². The molecule has 0 saturated carbocycles. The van der Waals surface area contributed by atoms with Gasteiger partial charge in [0.25, 0.3) is 11.8 Å². The number of carbonyl (C=O) groups excluding carboxylic acids is 3. The molecule has 222 valence electrons. The summed E-state index contributed by atoms with van der Waals surface area (Å²) in [6.45, 7) is 2.45. The Morgan fingerprint density at radius 2 is 1.98 bits per heavy atom. The van der Waals surface area contributed by atoms with E-state index in [4.69, 9.17) is 4.74 Å². The molecule has 3 aromatic rings. The van der Waals surface area contributed by atoms with E-state index in [1.54, 1.807) is 4.90 Å². The van der Waals surface area contributed by atoms with Crippen LogP contribution in [0.4, 0.5) is 0 Å². The average Bonchev–Trinajstić information content (AvgIpc) is 3.70. The van der Waals surface area contributed by atoms with Crippen molar-refractivity contribution in [3.63, 3.8) is 0 Å². The maximum atomic E-state index is 14.2. The summed E-state index contributed by atoms with van der Waals surface area (Å²) in [4.78, 5) is 50.2. The third kappa shape index (κ3) is 3.79. The third-order valence-corrected chi connectivity index (χ3v) is 10.1. The summed E-state index contributed by atoms with van der Waals surface area (Å²) in [5.41, 5.74) is 3.58. The summed E-state index contributed by atoms with van der Waals surface area (Å²) in [6, 6.07) is 14.1. The van der Waals surface area contributed by atoms with Crippen LogP contribution in [0.1, 0.15) is 36.5 Å². The Morgan fingerprint density at radius 3 is 2.79 bits per heavy atom. The van der Waals surface area contributed by atoms with Gasteiger partial charge >= 0.3 is 0 Å². The Labute approximate surface area is 249 Å². The van der Waals surface area contributed by atoms with Crippen LogP contribution in [0.15, 0.2) is 60.8 Å². The predicted molar refractivity (Wildman–Crippen MR) is 158 cm³/mol. The molecule has 1 unspecified atom stereocenters. The molecule has 4 aliphatic heterocycles. The first-order valence-electron chi connectivity index (χ1n) is 15.1. The highest BCUT2D eigenvalue weighted by atomic mass is 16.7. The Hall–Kier alpha value is -3.99. The van der Waals surface area contributed by atoms with Gasteiger partial charge in [-0.3, -0.25) is 28.9 Å². The lowest BCUT2D eigenvalue weighted by molar-refractivity contribution is -0.315. The van der Waals surface area contributed by atoms with E-state index in [1.165, 1.54) is 22.8 Å². The van der Waals surface area contributed by atoms with Gasteiger partial charge in [0.1, 0.15) is 12.1 Å². The Morgan fingerprint density at radius 1 is 1.16 bits per heavy atom. The summed E-state index contributed by atoms with van der Waals surface area (Å²) in [5.74, 6) is -3.77. The van der Waals surface area contributed by atoms with Gasteiger partial charge in [0.05, 0.1) is 5.92 Å². The van der Waals surface area contributed by atoms with Gasteiger partial charge in [-0.05, 0) is 61.6 Å². The van der Waals surface area contributed by atoms with Gasteiger partial charge in [-0.2, -0.15) is 0 Å². The molecule has 1 aromatic heterocycles. The van der Waals surface area contributed by atoms with Gasteiger partial charge in [-0.1, -0.05) is 48.5 Å². The second-order valence-electron chi connectivity index (χ2n) is 12.8. The van der Waals surface area contributed by atoms with Gasteiger partial charge in [-0.25, -0.2) is 0 Å². The van der Waals surface area contributed by atoms with E-state index in [9.17, 15) is 19.5 Å². The molecule has 0 spiro atoms. The zero-order valence-electron chi connectivity index (χ0n) is 24.2. The number of ether oxygens (including phenoxy) is 1. The number of aromatic amines is 1. The maximum Gasteiger partial charge on any atom is 0.280 e. The van der Waals surface area contributed by atoms with Crippen molar-refractivity contribution in [2.45, 2.75) is 62.4 Å². The first-order chi connectivity index (χ1) is 20.7. The highest BCUT2D eigenvalue weighted by Crippen LogP contribution is 2.46. The van der Waals surface area contributed by atoms with E-state index in [0.29, 0.717) is 25.9 Å². The van der Waals surface area contributed by atoms with E-state index in [0.717, 1.165) is 28.6 Å². The minimum Gasteiger partial charge on any atom is -0.361 e. The average molecular weight is 582 g/mol. The SMILES string of the molecule is CN1C[C@H](C(=O)N[C@]2(C)OC3(O)[C@@H]4CCCN4C(=O)[C@H](Cc4ccccc4)N3C2=O)C=C2c3cccc4[nH]cc(c34)C[C@H]21. The van der Waals surface area contributed by atoms with Crippen LogP contribution in [0.5, 0.6) is 0 Å². The molecule has 10 heteroatoms. The molecule has 10 nitrogen and oxygen atoms in total. The van der Waals surface area contributed by atoms with Crippen LogP contribution in [-0.2, 0) is 32.0 Å². The lowest BCUT2D eigenvalue weighted by Gasteiger charge is -2.48. The van der Waals surface area contributed by atoms with Crippen molar-refractivity contribution >= 4 is 34.2 Å². The summed E-state index contributed by atoms with van der Waals surface area (Å²) < 4.78 is 6.23. The fourth-order valence-corrected chi connectivity index (χ4v) is 8.12. The number of amides is 3. The minimum atomic E-state index is -2.04. The van der Waals surface area contributed by atoms with Crippen molar-refractivity contribution in [2.24, 2.45) is 5.92 Å². The smallest absolute Gasteiger partial charge is 0.280 e. The molecular formula is C33H35N5O5. The van der Waals surface area contributed by atoms with Crippen molar-refractivity contribution in [3.8, 4) is 0 Å². The molecule has 1 aliphatic carbocycles. The number of hydrogen-bond donors (Lipinski definition) is 3. The van der Waals surface area contributed by atoms with Crippen LogP contribution >= 0.6 is 0 Å². The highest BCUT2D eigenvalue weighted by Gasteiger charge is 2.70. The molecular weight excluding hydrogens is 546 g/mol. The number of nitrogens with one attached hydrogen (secondary N) is 2. The van der Waals surface area contributed by atoms with Crippen molar-refractivity contribution in [1.82, 2.24) is 25.0 Å². The zero-order valence-corrected chi connectivity index (χ0v) is 24.2. The number of nitrogens with zero attached hydrogens (tertiary/aromatic N) is 3. The number of carbonyl (C=O) groups is 3. The number of fused-ring (bicyclic) bond motifs is 5. The van der Waals surface area contributed by atoms with Crippen LogP contribution in [-0.4, -0.2) is 92.4 Å². The number of rotatable bonds is 4. The fourth-order valence-electron chi connectivity index (χ4n) is 8.12. The van der Waals surface area contributed by atoms with Crippen LogP contribution in [0.25, 0.3) is 16.5 Å². The van der Waals surface area contributed by atoms with Crippen LogP contribution in [0.2, 0.25) is 0 Å².